The molecule has 0 atom stereocenters. The Morgan fingerprint density at radius 3 is 2.40 bits per heavy atom. The molecule has 0 radical (unpaired) electrons. The third-order valence-electron chi connectivity index (χ3n) is 5.56. The lowest BCUT2D eigenvalue weighted by Crippen LogP contribution is -2.27. The highest BCUT2D eigenvalue weighted by atomic mass is 32.2. The first-order valence-electron chi connectivity index (χ1n) is 10.8. The van der Waals surface area contributed by atoms with Crippen LogP contribution in [-0.4, -0.2) is 22.0 Å². The smallest absolute Gasteiger partial charge is 0.344 e. The number of amides is 2. The van der Waals surface area contributed by atoms with E-state index in [0.29, 0.717) is 16.9 Å². The normalized spacial score (nSPS) is 14.7. The summed E-state index contributed by atoms with van der Waals surface area (Å²) in [5.41, 5.74) is 1.40. The highest BCUT2D eigenvalue weighted by Gasteiger charge is 2.35. The number of esters is 1. The molecule has 5 rings (SSSR count). The first kappa shape index (κ1) is 22.6. The van der Waals surface area contributed by atoms with Crippen LogP contribution in [0.4, 0.5) is 9.18 Å². The molecule has 0 spiro atoms. The van der Waals surface area contributed by atoms with Gasteiger partial charge in [-0.3, -0.25) is 14.5 Å². The van der Waals surface area contributed by atoms with Crippen LogP contribution in [0.1, 0.15) is 21.5 Å². The van der Waals surface area contributed by atoms with Crippen molar-refractivity contribution in [1.82, 2.24) is 4.90 Å². The van der Waals surface area contributed by atoms with Crippen molar-refractivity contribution >= 4 is 45.7 Å². The van der Waals surface area contributed by atoms with Gasteiger partial charge in [0.05, 0.1) is 17.0 Å². The van der Waals surface area contributed by atoms with Gasteiger partial charge in [0, 0.05) is 5.56 Å². The van der Waals surface area contributed by atoms with E-state index in [-0.39, 0.29) is 17.0 Å². The lowest BCUT2D eigenvalue weighted by atomic mass is 10.0. The Morgan fingerprint density at radius 2 is 1.60 bits per heavy atom. The number of ether oxygens (including phenoxy) is 1. The number of hydrogen-bond donors (Lipinski definition) is 0. The molecule has 172 valence electrons. The van der Waals surface area contributed by atoms with Gasteiger partial charge in [-0.25, -0.2) is 9.18 Å². The van der Waals surface area contributed by atoms with E-state index in [4.69, 9.17) is 4.74 Å². The second-order valence-corrected chi connectivity index (χ2v) is 8.84. The Balaban J connectivity index is 1.29. The molecule has 5 nitrogen and oxygen atoms in total. The molecule has 2 amide bonds. The van der Waals surface area contributed by atoms with Gasteiger partial charge < -0.3 is 4.74 Å². The molecule has 1 fully saturated rings. The molecule has 35 heavy (non-hydrogen) atoms. The van der Waals surface area contributed by atoms with Crippen molar-refractivity contribution in [3.63, 3.8) is 0 Å². The van der Waals surface area contributed by atoms with E-state index < -0.39 is 22.9 Å². The Hall–Kier alpha value is -4.23. The molecule has 1 aliphatic heterocycles. The first-order valence-corrected chi connectivity index (χ1v) is 11.6. The maximum atomic E-state index is 13.9. The largest absolute Gasteiger partial charge is 0.423 e. The zero-order valence-electron chi connectivity index (χ0n) is 18.3. The van der Waals surface area contributed by atoms with Crippen LogP contribution < -0.4 is 4.74 Å². The van der Waals surface area contributed by atoms with Crippen molar-refractivity contribution in [2.24, 2.45) is 0 Å². The van der Waals surface area contributed by atoms with Crippen molar-refractivity contribution < 1.29 is 23.5 Å². The Morgan fingerprint density at radius 1 is 0.886 bits per heavy atom. The van der Waals surface area contributed by atoms with Crippen LogP contribution in [0.3, 0.4) is 0 Å². The number of carbonyl (C=O) groups is 3. The van der Waals surface area contributed by atoms with E-state index >= 15 is 0 Å². The van der Waals surface area contributed by atoms with Gasteiger partial charge in [-0.15, -0.1) is 0 Å². The van der Waals surface area contributed by atoms with E-state index in [0.717, 1.165) is 27.4 Å². The predicted octanol–water partition coefficient (Wildman–Crippen LogP) is 6.43. The first-order chi connectivity index (χ1) is 17.0. The molecular weight excluding hydrogens is 465 g/mol. The van der Waals surface area contributed by atoms with Crippen LogP contribution in [0, 0.1) is 5.82 Å². The standard InChI is InChI=1S/C28H18FNO4S/c29-24-11-4-2-7-20(24)17-30-26(31)25(35-28(30)33)16-18-12-14-21(15-13-18)34-27(32)23-10-5-8-19-6-1-3-9-22(19)23/h1-16H,17H2/b25-16-. The van der Waals surface area contributed by atoms with Crippen LogP contribution in [0.15, 0.2) is 95.9 Å². The highest BCUT2D eigenvalue weighted by Crippen LogP contribution is 2.34. The summed E-state index contributed by atoms with van der Waals surface area (Å²) in [6.45, 7) is -0.127. The third kappa shape index (κ3) is 4.72. The molecule has 0 saturated carbocycles. The number of nitrogens with zero attached hydrogens (tertiary/aromatic N) is 1. The van der Waals surface area contributed by atoms with Crippen molar-refractivity contribution in [2.45, 2.75) is 6.54 Å². The quantitative estimate of drug-likeness (QED) is 0.186. The highest BCUT2D eigenvalue weighted by molar-refractivity contribution is 8.18. The zero-order valence-corrected chi connectivity index (χ0v) is 19.1. The molecule has 0 aromatic heterocycles. The summed E-state index contributed by atoms with van der Waals surface area (Å²) in [4.78, 5) is 39.1. The fraction of sp³-hybridized carbons (Fsp3) is 0.0357. The minimum absolute atomic E-state index is 0.127. The third-order valence-corrected chi connectivity index (χ3v) is 6.47. The minimum atomic E-state index is -0.477. The molecule has 0 aliphatic carbocycles. The summed E-state index contributed by atoms with van der Waals surface area (Å²) in [5.74, 6) is -1.06. The molecule has 4 aromatic carbocycles. The minimum Gasteiger partial charge on any atom is -0.423 e. The maximum absolute atomic E-state index is 13.9. The summed E-state index contributed by atoms with van der Waals surface area (Å²) in [6.07, 6.45) is 1.59. The zero-order chi connectivity index (χ0) is 24.4. The average Bonchev–Trinajstić information content (AvgIpc) is 3.13. The molecule has 1 saturated heterocycles. The van der Waals surface area contributed by atoms with E-state index in [1.54, 1.807) is 60.7 Å². The monoisotopic (exact) mass is 483 g/mol. The molecule has 4 aromatic rings. The Bertz CT molecular complexity index is 1490. The van der Waals surface area contributed by atoms with Gasteiger partial charge in [-0.1, -0.05) is 66.7 Å². The molecular formula is C28H18FNO4S. The molecule has 1 heterocycles. The summed E-state index contributed by atoms with van der Waals surface area (Å²) in [6, 6.07) is 25.7. The van der Waals surface area contributed by atoms with Gasteiger partial charge in [0.2, 0.25) is 0 Å². The van der Waals surface area contributed by atoms with Crippen molar-refractivity contribution in [3.8, 4) is 5.75 Å². The van der Waals surface area contributed by atoms with Crippen LogP contribution in [0.5, 0.6) is 5.75 Å². The van der Waals surface area contributed by atoms with Crippen molar-refractivity contribution in [2.75, 3.05) is 0 Å². The van der Waals surface area contributed by atoms with Crippen LogP contribution >= 0.6 is 11.8 Å². The summed E-state index contributed by atoms with van der Waals surface area (Å²) in [5, 5.41) is 1.30. The Labute approximate surface area is 204 Å². The number of imide groups is 1. The van der Waals surface area contributed by atoms with Crippen LogP contribution in [0.25, 0.3) is 16.8 Å². The molecule has 1 aliphatic rings. The fourth-order valence-electron chi connectivity index (χ4n) is 3.78. The van der Waals surface area contributed by atoms with Crippen molar-refractivity contribution in [1.29, 1.82) is 0 Å². The lowest BCUT2D eigenvalue weighted by Gasteiger charge is -2.12. The molecule has 0 bridgehead atoms. The molecule has 0 unspecified atom stereocenters. The maximum Gasteiger partial charge on any atom is 0.344 e. The van der Waals surface area contributed by atoms with Crippen LogP contribution in [-0.2, 0) is 11.3 Å². The lowest BCUT2D eigenvalue weighted by molar-refractivity contribution is -0.123. The second-order valence-electron chi connectivity index (χ2n) is 7.84. The number of hydrogen-bond acceptors (Lipinski definition) is 5. The van der Waals surface area contributed by atoms with Crippen molar-refractivity contribution in [3.05, 3.63) is 118 Å². The average molecular weight is 484 g/mol. The van der Waals surface area contributed by atoms with E-state index in [9.17, 15) is 18.8 Å². The van der Waals surface area contributed by atoms with Gasteiger partial charge in [0.1, 0.15) is 11.6 Å². The van der Waals surface area contributed by atoms with Crippen LogP contribution in [0.2, 0.25) is 0 Å². The van der Waals surface area contributed by atoms with E-state index in [1.165, 1.54) is 6.07 Å². The number of benzene rings is 4. The summed E-state index contributed by atoms with van der Waals surface area (Å²) >= 11 is 0.806. The number of rotatable bonds is 5. The SMILES string of the molecule is O=C(Oc1ccc(/C=C2\SC(=O)N(Cc3ccccc3F)C2=O)cc1)c1cccc2ccccc12. The van der Waals surface area contributed by atoms with Gasteiger partial charge in [-0.2, -0.15) is 0 Å². The summed E-state index contributed by atoms with van der Waals surface area (Å²) < 4.78 is 19.5. The van der Waals surface area contributed by atoms with Gasteiger partial charge in [0.15, 0.2) is 0 Å². The van der Waals surface area contributed by atoms with Gasteiger partial charge in [-0.05, 0) is 58.4 Å². The predicted molar refractivity (Wildman–Crippen MR) is 133 cm³/mol. The molecule has 7 heteroatoms. The second kappa shape index (κ2) is 9.56. The summed E-state index contributed by atoms with van der Waals surface area (Å²) in [7, 11) is 0. The topological polar surface area (TPSA) is 63.7 Å². The van der Waals surface area contributed by atoms with E-state index in [2.05, 4.69) is 0 Å². The number of carbonyl (C=O) groups excluding carboxylic acids is 3. The van der Waals surface area contributed by atoms with E-state index in [1.807, 2.05) is 30.3 Å². The van der Waals surface area contributed by atoms with Gasteiger partial charge in [0.25, 0.3) is 11.1 Å². The van der Waals surface area contributed by atoms with Gasteiger partial charge >= 0.3 is 5.97 Å². The number of halogens is 1. The fourth-order valence-corrected chi connectivity index (χ4v) is 4.62. The number of fused-ring (bicyclic) bond motifs is 1. The molecule has 0 N–H and O–H groups in total. The number of thioether (sulfide) groups is 1. The Kier molecular flexibility index (Phi) is 6.16.